The van der Waals surface area contributed by atoms with Crippen LogP contribution in [0.2, 0.25) is 0 Å². The van der Waals surface area contributed by atoms with Crippen molar-refractivity contribution in [3.05, 3.63) is 0 Å². The second kappa shape index (κ2) is 6.26. The molecule has 19 heavy (non-hydrogen) atoms. The number of carboxylic acids is 1. The van der Waals surface area contributed by atoms with Gasteiger partial charge in [0.15, 0.2) is 0 Å². The third-order valence-electron chi connectivity index (χ3n) is 4.12. The normalized spacial score (nSPS) is 22.9. The average Bonchev–Trinajstić information content (AvgIpc) is 2.80. The van der Waals surface area contributed by atoms with Crippen LogP contribution in [0.3, 0.4) is 0 Å². The third kappa shape index (κ3) is 3.61. The lowest BCUT2D eigenvalue weighted by atomic mass is 9.84. The van der Waals surface area contributed by atoms with E-state index in [0.717, 1.165) is 13.0 Å². The number of carbonyl (C=O) groups is 2. The van der Waals surface area contributed by atoms with Crippen LogP contribution in [0.4, 0.5) is 4.79 Å². The van der Waals surface area contributed by atoms with Crippen LogP contribution in [-0.4, -0.2) is 53.6 Å². The van der Waals surface area contributed by atoms with Crippen molar-refractivity contribution in [3.63, 3.8) is 0 Å². The average molecular weight is 270 g/mol. The molecule has 0 aliphatic carbocycles. The number of amides is 2. The second-order valence-electron chi connectivity index (χ2n) is 6.00. The molecule has 0 bridgehead atoms. The molecule has 110 valence electrons. The first-order chi connectivity index (χ1) is 8.82. The Kier molecular flexibility index (Phi) is 5.20. The summed E-state index contributed by atoms with van der Waals surface area (Å²) in [4.78, 5) is 27.0. The van der Waals surface area contributed by atoms with Gasteiger partial charge in [0.2, 0.25) is 0 Å². The first-order valence-electron chi connectivity index (χ1n) is 7.06. The van der Waals surface area contributed by atoms with Crippen LogP contribution in [-0.2, 0) is 4.79 Å². The predicted molar refractivity (Wildman–Crippen MR) is 74.0 cm³/mol. The van der Waals surface area contributed by atoms with E-state index in [1.807, 2.05) is 6.92 Å². The fourth-order valence-electron chi connectivity index (χ4n) is 2.44. The van der Waals surface area contributed by atoms with Crippen LogP contribution in [0.1, 0.15) is 40.0 Å². The van der Waals surface area contributed by atoms with E-state index in [1.54, 1.807) is 16.8 Å². The van der Waals surface area contributed by atoms with E-state index in [4.69, 9.17) is 0 Å². The van der Waals surface area contributed by atoms with Crippen molar-refractivity contribution < 1.29 is 14.7 Å². The van der Waals surface area contributed by atoms with Gasteiger partial charge in [-0.2, -0.15) is 0 Å². The van der Waals surface area contributed by atoms with Crippen LogP contribution >= 0.6 is 0 Å². The van der Waals surface area contributed by atoms with Crippen molar-refractivity contribution >= 4 is 12.0 Å². The second-order valence-corrected chi connectivity index (χ2v) is 6.00. The van der Waals surface area contributed by atoms with E-state index in [-0.39, 0.29) is 6.03 Å². The third-order valence-corrected chi connectivity index (χ3v) is 4.12. The Morgan fingerprint density at radius 1 is 1.42 bits per heavy atom. The number of likely N-dealkylation sites (tertiary alicyclic amines) is 1. The lowest BCUT2D eigenvalue weighted by Gasteiger charge is -2.27. The minimum atomic E-state index is -0.782. The Labute approximate surface area is 115 Å². The van der Waals surface area contributed by atoms with Crippen LogP contribution in [0.25, 0.3) is 0 Å². The summed E-state index contributed by atoms with van der Waals surface area (Å²) in [5.41, 5.74) is -0.742. The van der Waals surface area contributed by atoms with Gasteiger partial charge >= 0.3 is 12.0 Å². The molecular weight excluding hydrogens is 244 g/mol. The summed E-state index contributed by atoms with van der Waals surface area (Å²) >= 11 is 0. The molecular formula is C14H26N2O3. The molecule has 1 rings (SSSR count). The lowest BCUT2D eigenvalue weighted by molar-refractivity contribution is -0.148. The van der Waals surface area contributed by atoms with Gasteiger partial charge in [-0.1, -0.05) is 20.8 Å². The fraction of sp³-hybridized carbons (Fsp3) is 0.857. The Bertz CT molecular complexity index is 344. The summed E-state index contributed by atoms with van der Waals surface area (Å²) in [5, 5.41) is 9.33. The van der Waals surface area contributed by atoms with E-state index in [9.17, 15) is 14.7 Å². The van der Waals surface area contributed by atoms with Crippen LogP contribution in [0, 0.1) is 11.3 Å². The highest BCUT2D eigenvalue weighted by molar-refractivity contribution is 5.79. The standard InChI is InChI=1S/C14H26N2O3/c1-5-14(12(17)18)7-9-16(10-14)13(19)15(4)8-6-11(2)3/h11H,5-10H2,1-4H3,(H,17,18). The quantitative estimate of drug-likeness (QED) is 0.833. The summed E-state index contributed by atoms with van der Waals surface area (Å²) in [6.07, 6.45) is 2.10. The monoisotopic (exact) mass is 270 g/mol. The molecule has 5 heteroatoms. The SMILES string of the molecule is CCC1(C(=O)O)CCN(C(=O)N(C)CCC(C)C)C1. The van der Waals surface area contributed by atoms with Crippen LogP contribution in [0.5, 0.6) is 0 Å². The molecule has 0 aromatic carbocycles. The molecule has 0 spiro atoms. The maximum absolute atomic E-state index is 12.2. The fourth-order valence-corrected chi connectivity index (χ4v) is 2.44. The largest absolute Gasteiger partial charge is 0.481 e. The highest BCUT2D eigenvalue weighted by Gasteiger charge is 2.45. The Morgan fingerprint density at radius 2 is 2.05 bits per heavy atom. The molecule has 5 nitrogen and oxygen atoms in total. The van der Waals surface area contributed by atoms with Crippen LogP contribution < -0.4 is 0 Å². The number of hydrogen-bond donors (Lipinski definition) is 1. The molecule has 1 atom stereocenters. The van der Waals surface area contributed by atoms with E-state index in [0.29, 0.717) is 31.8 Å². The van der Waals surface area contributed by atoms with Gasteiger partial charge in [0, 0.05) is 26.7 Å². The van der Waals surface area contributed by atoms with E-state index in [1.165, 1.54) is 0 Å². The molecule has 1 unspecified atom stereocenters. The number of carboxylic acid groups (broad SMARTS) is 1. The van der Waals surface area contributed by atoms with Crippen LogP contribution in [0.15, 0.2) is 0 Å². The summed E-state index contributed by atoms with van der Waals surface area (Å²) < 4.78 is 0. The van der Waals surface area contributed by atoms with Crippen molar-refractivity contribution in [2.45, 2.75) is 40.0 Å². The van der Waals surface area contributed by atoms with Gasteiger partial charge in [0.05, 0.1) is 5.41 Å². The number of hydrogen-bond acceptors (Lipinski definition) is 2. The zero-order valence-electron chi connectivity index (χ0n) is 12.5. The molecule has 0 aromatic rings. The molecule has 0 radical (unpaired) electrons. The Balaban J connectivity index is 2.58. The summed E-state index contributed by atoms with van der Waals surface area (Å²) in [5.74, 6) is -0.224. The zero-order chi connectivity index (χ0) is 14.6. The first kappa shape index (κ1) is 15.8. The number of urea groups is 1. The topological polar surface area (TPSA) is 60.9 Å². The van der Waals surface area contributed by atoms with Gasteiger partial charge < -0.3 is 14.9 Å². The number of aliphatic carboxylic acids is 1. The molecule has 0 saturated carbocycles. The maximum atomic E-state index is 12.2. The maximum Gasteiger partial charge on any atom is 0.319 e. The summed E-state index contributed by atoms with van der Waals surface area (Å²) in [6, 6.07) is -0.0442. The highest BCUT2D eigenvalue weighted by Crippen LogP contribution is 2.34. The molecule has 0 aromatic heterocycles. The molecule has 1 N–H and O–H groups in total. The summed E-state index contributed by atoms with van der Waals surface area (Å²) in [7, 11) is 1.79. The Morgan fingerprint density at radius 3 is 2.47 bits per heavy atom. The smallest absolute Gasteiger partial charge is 0.319 e. The Hall–Kier alpha value is -1.26. The molecule has 1 aliphatic rings. The van der Waals surface area contributed by atoms with E-state index >= 15 is 0 Å². The lowest BCUT2D eigenvalue weighted by Crippen LogP contribution is -2.43. The van der Waals surface area contributed by atoms with E-state index < -0.39 is 11.4 Å². The van der Waals surface area contributed by atoms with Gasteiger partial charge in [-0.25, -0.2) is 4.79 Å². The van der Waals surface area contributed by atoms with E-state index in [2.05, 4.69) is 13.8 Å². The molecule has 1 aliphatic heterocycles. The van der Waals surface area contributed by atoms with Gasteiger partial charge in [-0.05, 0) is 25.2 Å². The molecule has 2 amide bonds. The molecule has 1 saturated heterocycles. The number of carbonyl (C=O) groups excluding carboxylic acids is 1. The van der Waals surface area contributed by atoms with Gasteiger partial charge in [0.1, 0.15) is 0 Å². The van der Waals surface area contributed by atoms with Crippen molar-refractivity contribution in [1.82, 2.24) is 9.80 Å². The van der Waals surface area contributed by atoms with Gasteiger partial charge in [0.25, 0.3) is 0 Å². The molecule has 1 heterocycles. The zero-order valence-corrected chi connectivity index (χ0v) is 12.5. The number of nitrogens with zero attached hydrogens (tertiary/aromatic N) is 2. The minimum Gasteiger partial charge on any atom is -0.481 e. The predicted octanol–water partition coefficient (Wildman–Crippen LogP) is 2.27. The van der Waals surface area contributed by atoms with Gasteiger partial charge in [-0.15, -0.1) is 0 Å². The van der Waals surface area contributed by atoms with Crippen molar-refractivity contribution in [2.24, 2.45) is 11.3 Å². The van der Waals surface area contributed by atoms with Crippen molar-refractivity contribution in [3.8, 4) is 0 Å². The summed E-state index contributed by atoms with van der Waals surface area (Å²) in [6.45, 7) is 7.74. The first-order valence-corrected chi connectivity index (χ1v) is 7.06. The number of rotatable bonds is 5. The molecule has 1 fully saturated rings. The van der Waals surface area contributed by atoms with Gasteiger partial charge in [-0.3, -0.25) is 4.79 Å². The van der Waals surface area contributed by atoms with Crippen molar-refractivity contribution in [1.29, 1.82) is 0 Å². The minimum absolute atomic E-state index is 0.0442. The highest BCUT2D eigenvalue weighted by atomic mass is 16.4. The van der Waals surface area contributed by atoms with Crippen molar-refractivity contribution in [2.75, 3.05) is 26.7 Å².